The van der Waals surface area contributed by atoms with Gasteiger partial charge >= 0.3 is 0 Å². The van der Waals surface area contributed by atoms with E-state index in [1.54, 1.807) is 0 Å². The van der Waals surface area contributed by atoms with Crippen LogP contribution in [0.25, 0.3) is 215 Å². The molecule has 0 aliphatic rings. The Morgan fingerprint density at radius 1 is 0.138 bits per heavy atom. The molecule has 0 fully saturated rings. The van der Waals surface area contributed by atoms with Crippen LogP contribution in [-0.2, 0) is 0 Å². The summed E-state index contributed by atoms with van der Waals surface area (Å²) in [6.45, 7) is 4.28. The lowest BCUT2D eigenvalue weighted by Crippen LogP contribution is -2.10. The van der Waals surface area contributed by atoms with Gasteiger partial charge in [0.1, 0.15) is 0 Å². The van der Waals surface area contributed by atoms with Crippen molar-refractivity contribution in [1.29, 1.82) is 0 Å². The number of aromatic nitrogens is 7. The van der Waals surface area contributed by atoms with E-state index in [4.69, 9.17) is 0 Å². The van der Waals surface area contributed by atoms with Crippen molar-refractivity contribution in [3.63, 3.8) is 0 Å². The van der Waals surface area contributed by atoms with Crippen molar-refractivity contribution in [1.82, 2.24) is 32.0 Å². The number of rotatable bonds is 12. The number of nitrogens with zero attached hydrogens (tertiary/aromatic N) is 8. The van der Waals surface area contributed by atoms with E-state index < -0.39 is 0 Å². The van der Waals surface area contributed by atoms with Gasteiger partial charge in [0.15, 0.2) is 0 Å². The maximum atomic E-state index is 2.47. The molecule has 27 rings (SSSR count). The van der Waals surface area contributed by atoms with Gasteiger partial charge in [0.25, 0.3) is 0 Å². The molecule has 0 saturated carbocycles. The molecule has 0 aliphatic carbocycles. The van der Waals surface area contributed by atoms with E-state index in [0.717, 1.165) is 56.9 Å². The number of hydrogen-bond donors (Lipinski definition) is 0. The summed E-state index contributed by atoms with van der Waals surface area (Å²) < 4.78 is 17.0. The Labute approximate surface area is 749 Å². The van der Waals surface area contributed by atoms with E-state index in [2.05, 4.69) is 512 Å². The van der Waals surface area contributed by atoms with Crippen LogP contribution in [0.4, 0.5) is 17.1 Å². The summed E-state index contributed by atoms with van der Waals surface area (Å²) in [6, 6.07) is 169. The minimum Gasteiger partial charge on any atom is -0.311 e. The first kappa shape index (κ1) is 74.2. The second-order valence-electron chi connectivity index (χ2n) is 34.4. The van der Waals surface area contributed by atoms with Crippen molar-refractivity contribution in [2.45, 2.75) is 13.8 Å². The van der Waals surface area contributed by atoms with Gasteiger partial charge in [-0.3, -0.25) is 0 Å². The summed E-state index contributed by atoms with van der Waals surface area (Å²) >= 11 is 0. The highest BCUT2D eigenvalue weighted by Crippen LogP contribution is 2.50. The molecule has 8 heteroatoms. The minimum atomic E-state index is 1.11. The lowest BCUT2D eigenvalue weighted by atomic mass is 9.95. The van der Waals surface area contributed by atoms with Crippen LogP contribution in [0.5, 0.6) is 0 Å². The van der Waals surface area contributed by atoms with Gasteiger partial charge in [-0.15, -0.1) is 0 Å². The van der Waals surface area contributed by atoms with Gasteiger partial charge in [0.05, 0.1) is 77.2 Å². The highest BCUT2D eigenvalue weighted by Gasteiger charge is 2.27. The zero-order valence-corrected chi connectivity index (χ0v) is 71.5. The molecule has 0 bridgehead atoms. The fraction of sp³-hybridized carbons (Fsp3) is 0.0164. The Morgan fingerprint density at radius 2 is 0.331 bits per heavy atom. The van der Waals surface area contributed by atoms with Crippen molar-refractivity contribution in [3.8, 4) is 62.1 Å². The summed E-state index contributed by atoms with van der Waals surface area (Å²) in [4.78, 5) is 2.34. The number of fused-ring (bicyclic) bond motifs is 21. The zero-order chi connectivity index (χ0) is 85.8. The summed E-state index contributed by atoms with van der Waals surface area (Å²) in [5.41, 5.74) is 35.5. The first-order valence-electron chi connectivity index (χ1n) is 44.8. The summed E-state index contributed by atoms with van der Waals surface area (Å²) in [6.07, 6.45) is 0. The molecule has 27 aromatic rings. The average Bonchev–Trinajstić information content (AvgIpc) is 1.56. The van der Waals surface area contributed by atoms with Crippen LogP contribution in [0, 0.1) is 13.8 Å². The molecule has 0 saturated heterocycles. The molecular weight excluding hydrogens is 1580 g/mol. The van der Waals surface area contributed by atoms with Crippen molar-refractivity contribution in [2.75, 3.05) is 4.90 Å². The van der Waals surface area contributed by atoms with Gasteiger partial charge in [-0.25, -0.2) is 0 Å². The van der Waals surface area contributed by atoms with E-state index in [1.807, 2.05) is 0 Å². The van der Waals surface area contributed by atoms with E-state index in [9.17, 15) is 0 Å². The van der Waals surface area contributed by atoms with Crippen LogP contribution in [0.3, 0.4) is 0 Å². The quantitative estimate of drug-likeness (QED) is 0.120. The smallest absolute Gasteiger partial charge is 0.0547 e. The standard InChI is InChI=1S/C62H44N4.C60H38N4/c1-41-26-30-44(31-27-41)63(45-32-28-42(2)29-33-45)46-34-36-47(37-35-46)65-56-22-10-7-17-52(56)61-50(19-12-24-59(61)65)51-20-13-25-60-62(51)53-18-8-11-23-57(53)66(60)48-38-39-58-54(40-48)49-16-6-9-21-55(49)64(58)43-14-4-3-5-15-43;1-3-17-39(18-4-1)61-51-27-11-7-21-43(51)49-37-41(33-35-55(49)61)63-53-29-13-9-23-47(53)59-45(25-15-31-57(59)63)46-26-16-32-58-60(46)48-24-10-14-30-54(48)64(58)42-34-36-56-50(38-42)44-22-8-12-28-52(44)62(56)40-19-5-2-6-20-40/h3-40H,1-2H3;1-38H. The van der Waals surface area contributed by atoms with Gasteiger partial charge in [-0.1, -0.05) is 266 Å². The number of aryl methyl sites for hydroxylation is 2. The molecular formula is C122H82N8. The van der Waals surface area contributed by atoms with Gasteiger partial charge in [-0.05, 0) is 242 Å². The van der Waals surface area contributed by atoms with Crippen LogP contribution in [0.15, 0.2) is 461 Å². The highest BCUT2D eigenvalue weighted by atomic mass is 15.1. The number of anilines is 3. The molecule has 0 N–H and O–H groups in total. The third kappa shape index (κ3) is 11.5. The Kier molecular flexibility index (Phi) is 17.0. The molecule has 7 aromatic heterocycles. The third-order valence-electron chi connectivity index (χ3n) is 27.1. The lowest BCUT2D eigenvalue weighted by Gasteiger charge is -2.26. The van der Waals surface area contributed by atoms with E-state index >= 15 is 0 Å². The lowest BCUT2D eigenvalue weighted by molar-refractivity contribution is 1.16. The maximum absolute atomic E-state index is 2.47. The Balaban J connectivity index is 0.000000137. The molecule has 610 valence electrons. The van der Waals surface area contributed by atoms with E-state index in [0.29, 0.717) is 0 Å². The molecule has 20 aromatic carbocycles. The fourth-order valence-electron chi connectivity index (χ4n) is 21.5. The zero-order valence-electron chi connectivity index (χ0n) is 71.5. The van der Waals surface area contributed by atoms with Gasteiger partial charge in [0.2, 0.25) is 0 Å². The van der Waals surface area contributed by atoms with Crippen molar-refractivity contribution in [3.05, 3.63) is 472 Å². The summed E-state index contributed by atoms with van der Waals surface area (Å²) in [5.74, 6) is 0. The Morgan fingerprint density at radius 3 is 0.608 bits per heavy atom. The predicted molar refractivity (Wildman–Crippen MR) is 548 cm³/mol. The predicted octanol–water partition coefficient (Wildman–Crippen LogP) is 32.5. The van der Waals surface area contributed by atoms with Crippen LogP contribution in [0.2, 0.25) is 0 Å². The first-order chi connectivity index (χ1) is 64.4. The van der Waals surface area contributed by atoms with Crippen LogP contribution >= 0.6 is 0 Å². The summed E-state index contributed by atoms with van der Waals surface area (Å²) in [5, 5.41) is 17.4. The normalized spacial score (nSPS) is 11.9. The third-order valence-corrected chi connectivity index (χ3v) is 27.1. The van der Waals surface area contributed by atoms with Crippen LogP contribution in [-0.4, -0.2) is 32.0 Å². The highest BCUT2D eigenvalue weighted by molar-refractivity contribution is 6.25. The average molecular weight is 1660 g/mol. The Bertz CT molecular complexity index is 8920. The molecule has 0 amide bonds. The maximum Gasteiger partial charge on any atom is 0.0547 e. The monoisotopic (exact) mass is 1660 g/mol. The van der Waals surface area contributed by atoms with Gasteiger partial charge in [0, 0.05) is 132 Å². The van der Waals surface area contributed by atoms with Gasteiger partial charge < -0.3 is 36.9 Å². The van der Waals surface area contributed by atoms with E-state index in [1.165, 1.54) is 186 Å². The molecule has 0 atom stereocenters. The number of hydrogen-bond acceptors (Lipinski definition) is 1. The molecule has 8 nitrogen and oxygen atoms in total. The number of para-hydroxylation sites is 10. The van der Waals surface area contributed by atoms with Crippen molar-refractivity contribution >= 4 is 170 Å². The summed E-state index contributed by atoms with van der Waals surface area (Å²) in [7, 11) is 0. The molecule has 0 aliphatic heterocycles. The molecule has 130 heavy (non-hydrogen) atoms. The number of benzene rings is 20. The largest absolute Gasteiger partial charge is 0.311 e. The fourth-order valence-corrected chi connectivity index (χ4v) is 21.5. The molecule has 0 spiro atoms. The minimum absolute atomic E-state index is 1.11. The van der Waals surface area contributed by atoms with Crippen LogP contribution in [0.1, 0.15) is 11.1 Å². The molecule has 0 unspecified atom stereocenters. The SMILES string of the molecule is Cc1ccc(N(c2ccc(C)cc2)c2ccc(-n3c4ccccc4c4c(-c5cccc6c5c5ccccc5n6-c5ccc6c(c5)c5ccccc5n6-c5ccccc5)cccc43)cc2)cc1.c1ccc(-n2c3ccccc3c3cc(-n4c5ccccc5c5c(-c6cccc7c6c6ccccc6n7-c6ccc7c(c6)c6ccccc6n7-c6ccccc6)cccc54)ccc32)cc1. The second kappa shape index (κ2) is 29.7. The Hall–Kier alpha value is -17.2. The van der Waals surface area contributed by atoms with Crippen molar-refractivity contribution < 1.29 is 0 Å². The molecule has 0 radical (unpaired) electrons. The van der Waals surface area contributed by atoms with Gasteiger partial charge in [-0.2, -0.15) is 0 Å². The molecule has 7 heterocycles. The second-order valence-corrected chi connectivity index (χ2v) is 34.4. The topological polar surface area (TPSA) is 37.8 Å². The van der Waals surface area contributed by atoms with Crippen LogP contribution < -0.4 is 4.90 Å². The van der Waals surface area contributed by atoms with Crippen molar-refractivity contribution in [2.24, 2.45) is 0 Å². The van der Waals surface area contributed by atoms with E-state index in [-0.39, 0.29) is 0 Å². The first-order valence-corrected chi connectivity index (χ1v) is 44.8.